The highest BCUT2D eigenvalue weighted by molar-refractivity contribution is 9.10. The Hall–Kier alpha value is -2.31. The van der Waals surface area contributed by atoms with Gasteiger partial charge in [0.25, 0.3) is 0 Å². The van der Waals surface area contributed by atoms with Crippen LogP contribution < -0.4 is 9.47 Å². The third kappa shape index (κ3) is 3.76. The van der Waals surface area contributed by atoms with Crippen LogP contribution in [0.5, 0.6) is 11.5 Å². The quantitative estimate of drug-likeness (QED) is 0.496. The van der Waals surface area contributed by atoms with E-state index in [2.05, 4.69) is 20.9 Å². The van der Waals surface area contributed by atoms with E-state index in [0.29, 0.717) is 33.2 Å². The molecule has 0 aromatic heterocycles. The van der Waals surface area contributed by atoms with Crippen LogP contribution in [0.15, 0.2) is 51.6 Å². The minimum atomic E-state index is -0.537. The van der Waals surface area contributed by atoms with E-state index >= 15 is 0 Å². The molecule has 5 nitrogen and oxygen atoms in total. The Morgan fingerprint density at radius 3 is 2.77 bits per heavy atom. The number of hydrogen-bond donors (Lipinski definition) is 0. The number of esters is 1. The van der Waals surface area contributed by atoms with Crippen molar-refractivity contribution < 1.29 is 19.0 Å². The van der Waals surface area contributed by atoms with Gasteiger partial charge in [-0.05, 0) is 58.8 Å². The van der Waals surface area contributed by atoms with E-state index in [1.54, 1.807) is 43.5 Å². The molecule has 1 aliphatic heterocycles. The molecular weight excluding hydrogens is 422 g/mol. The number of rotatable bonds is 5. The van der Waals surface area contributed by atoms with Crippen molar-refractivity contribution >= 4 is 45.5 Å². The van der Waals surface area contributed by atoms with Crippen LogP contribution in [0.4, 0.5) is 0 Å². The first kappa shape index (κ1) is 18.5. The zero-order valence-corrected chi connectivity index (χ0v) is 16.4. The number of hydrogen-bond acceptors (Lipinski definition) is 5. The first-order valence-corrected chi connectivity index (χ1v) is 8.98. The van der Waals surface area contributed by atoms with Crippen molar-refractivity contribution in [2.45, 2.75) is 6.92 Å². The number of halogens is 2. The number of benzene rings is 2. The Morgan fingerprint density at radius 2 is 2.08 bits per heavy atom. The summed E-state index contributed by atoms with van der Waals surface area (Å²) in [7, 11) is 1.56. The Labute approximate surface area is 164 Å². The molecule has 1 aliphatic rings. The smallest absolute Gasteiger partial charge is 0.363 e. The summed E-state index contributed by atoms with van der Waals surface area (Å²) in [4.78, 5) is 16.5. The van der Waals surface area contributed by atoms with Gasteiger partial charge in [0.05, 0.1) is 28.8 Å². The summed E-state index contributed by atoms with van der Waals surface area (Å²) < 4.78 is 16.9. The molecule has 0 aliphatic carbocycles. The number of nitrogens with zero attached hydrogens (tertiary/aromatic N) is 1. The number of carbonyl (C=O) groups is 1. The Kier molecular flexibility index (Phi) is 5.64. The number of methoxy groups -OCH3 is 1. The average Bonchev–Trinajstić information content (AvgIpc) is 2.96. The largest absolute Gasteiger partial charge is 0.492 e. The predicted molar refractivity (Wildman–Crippen MR) is 104 cm³/mol. The van der Waals surface area contributed by atoms with Gasteiger partial charge in [0.1, 0.15) is 0 Å². The van der Waals surface area contributed by atoms with Crippen molar-refractivity contribution in [2.24, 2.45) is 4.99 Å². The Bertz CT molecular complexity index is 924. The third-order valence-electron chi connectivity index (χ3n) is 3.56. The molecule has 0 radical (unpaired) electrons. The molecule has 0 bridgehead atoms. The monoisotopic (exact) mass is 435 g/mol. The number of ether oxygens (including phenoxy) is 3. The van der Waals surface area contributed by atoms with Gasteiger partial charge in [-0.2, -0.15) is 0 Å². The van der Waals surface area contributed by atoms with Gasteiger partial charge in [0.15, 0.2) is 17.2 Å². The first-order chi connectivity index (χ1) is 12.5. The molecule has 2 aromatic rings. The molecule has 2 aromatic carbocycles. The van der Waals surface area contributed by atoms with Gasteiger partial charge in [-0.15, -0.1) is 0 Å². The van der Waals surface area contributed by atoms with Crippen molar-refractivity contribution in [1.29, 1.82) is 0 Å². The molecule has 0 N–H and O–H groups in total. The lowest BCUT2D eigenvalue weighted by atomic mass is 10.1. The molecule has 0 saturated carbocycles. The first-order valence-electron chi connectivity index (χ1n) is 7.81. The lowest BCUT2D eigenvalue weighted by Gasteiger charge is -2.12. The fraction of sp³-hybridized carbons (Fsp3) is 0.158. The summed E-state index contributed by atoms with van der Waals surface area (Å²) >= 11 is 9.59. The van der Waals surface area contributed by atoms with Crippen LogP contribution in [0, 0.1) is 0 Å². The molecule has 0 unspecified atom stereocenters. The third-order valence-corrected chi connectivity index (χ3v) is 4.48. The van der Waals surface area contributed by atoms with Crippen LogP contribution >= 0.6 is 27.5 Å². The molecule has 1 heterocycles. The van der Waals surface area contributed by atoms with Crippen molar-refractivity contribution in [2.75, 3.05) is 13.7 Å². The topological polar surface area (TPSA) is 57.1 Å². The highest BCUT2D eigenvalue weighted by atomic mass is 79.9. The molecule has 3 rings (SSSR count). The van der Waals surface area contributed by atoms with Crippen molar-refractivity contribution in [1.82, 2.24) is 0 Å². The van der Waals surface area contributed by atoms with E-state index in [1.807, 2.05) is 13.0 Å². The SMILES string of the molecule is CCOc1cc(/C=C2\N=C(c3ccccc3Cl)OC2=O)cc(Br)c1OC. The fourth-order valence-corrected chi connectivity index (χ4v) is 3.29. The van der Waals surface area contributed by atoms with Crippen molar-refractivity contribution in [3.05, 3.63) is 62.7 Å². The maximum atomic E-state index is 12.2. The average molecular weight is 437 g/mol. The number of carbonyl (C=O) groups excluding carboxylic acids is 1. The van der Waals surface area contributed by atoms with Crippen LogP contribution in [0.3, 0.4) is 0 Å². The maximum absolute atomic E-state index is 12.2. The van der Waals surface area contributed by atoms with E-state index in [1.165, 1.54) is 0 Å². The summed E-state index contributed by atoms with van der Waals surface area (Å²) in [5.74, 6) is 0.801. The molecule has 26 heavy (non-hydrogen) atoms. The minimum Gasteiger partial charge on any atom is -0.492 e. The van der Waals surface area contributed by atoms with Gasteiger partial charge in [0.2, 0.25) is 5.90 Å². The van der Waals surface area contributed by atoms with E-state index < -0.39 is 5.97 Å². The van der Waals surface area contributed by atoms with Crippen LogP contribution in [0.25, 0.3) is 6.08 Å². The van der Waals surface area contributed by atoms with Crippen molar-refractivity contribution in [3.8, 4) is 11.5 Å². The zero-order valence-electron chi connectivity index (χ0n) is 14.1. The number of aliphatic imine (C=N–C) groups is 1. The lowest BCUT2D eigenvalue weighted by molar-refractivity contribution is -0.129. The normalized spacial score (nSPS) is 15.0. The van der Waals surface area contributed by atoms with E-state index in [-0.39, 0.29) is 11.6 Å². The Morgan fingerprint density at radius 1 is 1.31 bits per heavy atom. The van der Waals surface area contributed by atoms with E-state index in [9.17, 15) is 4.79 Å². The molecule has 134 valence electrons. The van der Waals surface area contributed by atoms with Gasteiger partial charge in [-0.1, -0.05) is 23.7 Å². The second kappa shape index (κ2) is 7.93. The summed E-state index contributed by atoms with van der Waals surface area (Å²) in [6, 6.07) is 10.6. The van der Waals surface area contributed by atoms with Crippen molar-refractivity contribution in [3.63, 3.8) is 0 Å². The van der Waals surface area contributed by atoms with Crippen LogP contribution in [0.1, 0.15) is 18.1 Å². The van der Waals surface area contributed by atoms with Gasteiger partial charge >= 0.3 is 5.97 Å². The van der Waals surface area contributed by atoms with E-state index in [4.69, 9.17) is 25.8 Å². The zero-order chi connectivity index (χ0) is 18.7. The predicted octanol–water partition coefficient (Wildman–Crippen LogP) is 4.85. The van der Waals surface area contributed by atoms with Gasteiger partial charge < -0.3 is 14.2 Å². The summed E-state index contributed by atoms with van der Waals surface area (Å²) in [5, 5.41) is 0.464. The minimum absolute atomic E-state index is 0.180. The molecule has 0 amide bonds. The molecule has 0 atom stereocenters. The van der Waals surface area contributed by atoms with Crippen LogP contribution in [0.2, 0.25) is 5.02 Å². The molecule has 7 heteroatoms. The number of cyclic esters (lactones) is 1. The second-order valence-corrected chi connectivity index (χ2v) is 6.54. The van der Waals surface area contributed by atoms with Gasteiger partial charge in [0, 0.05) is 0 Å². The highest BCUT2D eigenvalue weighted by Gasteiger charge is 2.25. The maximum Gasteiger partial charge on any atom is 0.363 e. The lowest BCUT2D eigenvalue weighted by Crippen LogP contribution is -2.05. The summed E-state index contributed by atoms with van der Waals surface area (Å²) in [6.45, 7) is 2.37. The molecule has 0 spiro atoms. The van der Waals surface area contributed by atoms with Gasteiger partial charge in [-0.3, -0.25) is 0 Å². The Balaban J connectivity index is 1.99. The summed E-state index contributed by atoms with van der Waals surface area (Å²) in [5.41, 5.74) is 1.47. The summed E-state index contributed by atoms with van der Waals surface area (Å²) in [6.07, 6.45) is 1.62. The van der Waals surface area contributed by atoms with Crippen LogP contribution in [-0.4, -0.2) is 25.6 Å². The molecule has 0 fully saturated rings. The molecule has 0 saturated heterocycles. The van der Waals surface area contributed by atoms with Gasteiger partial charge in [-0.25, -0.2) is 9.79 Å². The highest BCUT2D eigenvalue weighted by Crippen LogP contribution is 2.37. The van der Waals surface area contributed by atoms with Crippen LogP contribution in [-0.2, 0) is 9.53 Å². The molecular formula is C19H15BrClNO4. The second-order valence-electron chi connectivity index (χ2n) is 5.28. The fourth-order valence-electron chi connectivity index (χ4n) is 2.45. The standard InChI is InChI=1S/C19H15BrClNO4/c1-3-25-16-10-11(8-13(20)17(16)24-2)9-15-19(23)26-18(22-15)12-6-4-5-7-14(12)21/h4-10H,3H2,1-2H3/b15-9-. The van der Waals surface area contributed by atoms with E-state index in [0.717, 1.165) is 5.56 Å².